The molecule has 2 heteroatoms. The van der Waals surface area contributed by atoms with E-state index in [4.69, 9.17) is 18.4 Å². The molecule has 0 heterocycles. The van der Waals surface area contributed by atoms with Crippen molar-refractivity contribution < 1.29 is 0 Å². The molecular formula is C6H6NS-. The SMILES string of the molecule is N[C@@H]1C=C=CC=C1[S-]. The van der Waals surface area contributed by atoms with Crippen LogP contribution in [0.3, 0.4) is 0 Å². The first kappa shape index (κ1) is 5.57. The van der Waals surface area contributed by atoms with Crippen LogP contribution in [0.25, 0.3) is 0 Å². The Bertz CT molecular complexity index is 175. The molecule has 42 valence electrons. The predicted octanol–water partition coefficient (Wildman–Crippen LogP) is 0.469. The molecule has 1 rings (SSSR count). The molecule has 0 radical (unpaired) electrons. The van der Waals surface area contributed by atoms with E-state index in [1.165, 1.54) is 0 Å². The quantitative estimate of drug-likeness (QED) is 0.375. The maximum atomic E-state index is 5.47. The minimum Gasteiger partial charge on any atom is -0.782 e. The maximum absolute atomic E-state index is 5.47. The Morgan fingerprint density at radius 1 is 1.75 bits per heavy atom. The summed E-state index contributed by atoms with van der Waals surface area (Å²) in [6, 6.07) is -0.0880. The van der Waals surface area contributed by atoms with Gasteiger partial charge in [-0.05, 0) is 12.2 Å². The molecule has 1 atom stereocenters. The summed E-state index contributed by atoms with van der Waals surface area (Å²) in [5.41, 5.74) is 8.31. The van der Waals surface area contributed by atoms with Crippen LogP contribution >= 0.6 is 0 Å². The molecule has 0 unspecified atom stereocenters. The lowest BCUT2D eigenvalue weighted by molar-refractivity contribution is 1.01. The van der Waals surface area contributed by atoms with Crippen LogP contribution in [0.1, 0.15) is 0 Å². The van der Waals surface area contributed by atoms with E-state index < -0.39 is 0 Å². The molecule has 8 heavy (non-hydrogen) atoms. The van der Waals surface area contributed by atoms with Gasteiger partial charge in [0.1, 0.15) is 0 Å². The van der Waals surface area contributed by atoms with Gasteiger partial charge in [-0.1, -0.05) is 6.08 Å². The molecule has 0 amide bonds. The fourth-order valence-electron chi connectivity index (χ4n) is 0.483. The molecule has 1 nitrogen and oxygen atoms in total. The Kier molecular flexibility index (Phi) is 1.49. The summed E-state index contributed by atoms with van der Waals surface area (Å²) in [5.74, 6) is 0. The molecule has 0 saturated carbocycles. The molecule has 0 saturated heterocycles. The highest BCUT2D eigenvalue weighted by Gasteiger charge is 1.91. The molecule has 0 aromatic rings. The highest BCUT2D eigenvalue weighted by molar-refractivity contribution is 7.63. The van der Waals surface area contributed by atoms with Gasteiger partial charge < -0.3 is 18.4 Å². The summed E-state index contributed by atoms with van der Waals surface area (Å²) in [5, 5.41) is 0. The lowest BCUT2D eigenvalue weighted by Crippen LogP contribution is -2.18. The normalized spacial score (nSPS) is 25.6. The number of hydrogen-bond acceptors (Lipinski definition) is 2. The van der Waals surface area contributed by atoms with Gasteiger partial charge >= 0.3 is 0 Å². The van der Waals surface area contributed by atoms with Gasteiger partial charge in [-0.2, -0.15) is 4.91 Å². The minimum absolute atomic E-state index is 0.0880. The van der Waals surface area contributed by atoms with Crippen LogP contribution < -0.4 is 5.73 Å². The van der Waals surface area contributed by atoms with Gasteiger partial charge in [0.2, 0.25) is 0 Å². The van der Waals surface area contributed by atoms with Crippen molar-refractivity contribution in [1.82, 2.24) is 0 Å². The predicted molar refractivity (Wildman–Crippen MR) is 36.1 cm³/mol. The molecule has 0 aromatic heterocycles. The van der Waals surface area contributed by atoms with Crippen molar-refractivity contribution in [3.8, 4) is 0 Å². The minimum atomic E-state index is -0.0880. The van der Waals surface area contributed by atoms with E-state index >= 15 is 0 Å². The van der Waals surface area contributed by atoms with Crippen LogP contribution in [-0.2, 0) is 12.6 Å². The van der Waals surface area contributed by atoms with Gasteiger partial charge in [-0.15, -0.1) is 5.73 Å². The zero-order valence-corrected chi connectivity index (χ0v) is 5.11. The maximum Gasteiger partial charge on any atom is 0.0310 e. The van der Waals surface area contributed by atoms with Crippen molar-refractivity contribution in [2.24, 2.45) is 5.73 Å². The van der Waals surface area contributed by atoms with Crippen molar-refractivity contribution in [2.45, 2.75) is 6.04 Å². The Labute approximate surface area is 54.0 Å². The van der Waals surface area contributed by atoms with E-state index in [9.17, 15) is 0 Å². The summed E-state index contributed by atoms with van der Waals surface area (Å²) in [7, 11) is 0. The molecular weight excluding hydrogens is 118 g/mol. The Morgan fingerprint density at radius 3 is 2.88 bits per heavy atom. The van der Waals surface area contributed by atoms with E-state index in [0.717, 1.165) is 4.91 Å². The Morgan fingerprint density at radius 2 is 2.50 bits per heavy atom. The molecule has 0 aliphatic heterocycles. The highest BCUT2D eigenvalue weighted by Crippen LogP contribution is 2.01. The van der Waals surface area contributed by atoms with E-state index in [-0.39, 0.29) is 6.04 Å². The number of hydrogen-bond donors (Lipinski definition) is 1. The highest BCUT2D eigenvalue weighted by atomic mass is 32.1. The van der Waals surface area contributed by atoms with Crippen LogP contribution in [0, 0.1) is 0 Å². The van der Waals surface area contributed by atoms with Crippen LogP contribution in [0.15, 0.2) is 28.9 Å². The Balaban J connectivity index is 2.86. The molecule has 0 bridgehead atoms. The molecule has 1 aliphatic carbocycles. The van der Waals surface area contributed by atoms with Gasteiger partial charge in [-0.25, -0.2) is 0 Å². The standard InChI is InChI=1S/C6H7NS/c7-5-3-1-2-4-6(5)8/h2-5,8H,7H2/p-1/t5-/m1/s1. The first-order valence-electron chi connectivity index (χ1n) is 2.36. The van der Waals surface area contributed by atoms with Crippen molar-refractivity contribution in [3.05, 3.63) is 28.9 Å². The number of nitrogens with two attached hydrogens (primary N) is 1. The monoisotopic (exact) mass is 124 g/mol. The molecule has 0 aromatic carbocycles. The van der Waals surface area contributed by atoms with Gasteiger partial charge in [0.15, 0.2) is 0 Å². The van der Waals surface area contributed by atoms with E-state index in [2.05, 4.69) is 5.73 Å². The zero-order valence-electron chi connectivity index (χ0n) is 4.29. The zero-order chi connectivity index (χ0) is 5.98. The van der Waals surface area contributed by atoms with E-state index in [1.54, 1.807) is 18.2 Å². The van der Waals surface area contributed by atoms with E-state index in [0.29, 0.717) is 0 Å². The van der Waals surface area contributed by atoms with Gasteiger partial charge in [0, 0.05) is 6.04 Å². The second kappa shape index (κ2) is 2.14. The average molecular weight is 124 g/mol. The topological polar surface area (TPSA) is 26.0 Å². The number of allylic oxidation sites excluding steroid dienone is 1. The molecule has 2 N–H and O–H groups in total. The van der Waals surface area contributed by atoms with Gasteiger partial charge in [-0.3, -0.25) is 0 Å². The molecule has 0 fully saturated rings. The Hall–Kier alpha value is -0.560. The first-order valence-corrected chi connectivity index (χ1v) is 2.77. The van der Waals surface area contributed by atoms with Crippen molar-refractivity contribution >= 4 is 12.6 Å². The third-order valence-corrected chi connectivity index (χ3v) is 1.36. The second-order valence-corrected chi connectivity index (χ2v) is 2.07. The third-order valence-electron chi connectivity index (χ3n) is 0.948. The lowest BCUT2D eigenvalue weighted by Gasteiger charge is -2.17. The third kappa shape index (κ3) is 0.984. The van der Waals surface area contributed by atoms with Crippen LogP contribution in [0.5, 0.6) is 0 Å². The average Bonchev–Trinajstić information content (AvgIpc) is 1.77. The first-order chi connectivity index (χ1) is 3.80. The summed E-state index contributed by atoms with van der Waals surface area (Å²) in [6.45, 7) is 0. The fraction of sp³-hybridized carbons (Fsp3) is 0.167. The van der Waals surface area contributed by atoms with Crippen LogP contribution in [0.4, 0.5) is 0 Å². The summed E-state index contributed by atoms with van der Waals surface area (Å²) in [4.78, 5) is 0.781. The smallest absolute Gasteiger partial charge is 0.0310 e. The van der Waals surface area contributed by atoms with Gasteiger partial charge in [0.25, 0.3) is 0 Å². The molecule has 0 spiro atoms. The molecule has 1 aliphatic rings. The van der Waals surface area contributed by atoms with Gasteiger partial charge in [0.05, 0.1) is 0 Å². The number of rotatable bonds is 0. The van der Waals surface area contributed by atoms with Crippen molar-refractivity contribution in [3.63, 3.8) is 0 Å². The van der Waals surface area contributed by atoms with Crippen molar-refractivity contribution in [2.75, 3.05) is 0 Å². The van der Waals surface area contributed by atoms with Crippen LogP contribution in [0.2, 0.25) is 0 Å². The summed E-state index contributed by atoms with van der Waals surface area (Å²) in [6.07, 6.45) is 5.31. The van der Waals surface area contributed by atoms with Crippen molar-refractivity contribution in [1.29, 1.82) is 0 Å². The summed E-state index contributed by atoms with van der Waals surface area (Å²) < 4.78 is 0. The van der Waals surface area contributed by atoms with Crippen LogP contribution in [-0.4, -0.2) is 6.04 Å². The lowest BCUT2D eigenvalue weighted by atomic mass is 10.2. The summed E-state index contributed by atoms with van der Waals surface area (Å²) >= 11 is 4.85. The van der Waals surface area contributed by atoms with E-state index in [1.807, 2.05) is 0 Å². The largest absolute Gasteiger partial charge is 0.782 e. The fourth-order valence-corrected chi connectivity index (χ4v) is 0.619. The second-order valence-electron chi connectivity index (χ2n) is 1.59.